The summed E-state index contributed by atoms with van der Waals surface area (Å²) in [6.07, 6.45) is 0.00973. The molecule has 2 aromatic carbocycles. The number of ether oxygens (including phenoxy) is 1. The first-order valence-electron chi connectivity index (χ1n) is 12.2. The average Bonchev–Trinajstić information content (AvgIpc) is 2.86. The topological polar surface area (TPSA) is 93.2 Å². The summed E-state index contributed by atoms with van der Waals surface area (Å²) in [5, 5.41) is 5.78. The zero-order valence-corrected chi connectivity index (χ0v) is 20.7. The van der Waals surface area contributed by atoms with Crippen molar-refractivity contribution in [2.45, 2.75) is 32.5 Å². The minimum atomic E-state index is -4.55. The maximum atomic E-state index is 13.3. The lowest BCUT2D eigenvalue weighted by Crippen LogP contribution is -2.34. The van der Waals surface area contributed by atoms with Gasteiger partial charge in [0, 0.05) is 42.1 Å². The molecule has 1 saturated heterocycles. The average molecular weight is 523 g/mol. The normalized spacial score (nSPS) is 18.8. The summed E-state index contributed by atoms with van der Waals surface area (Å²) < 4.78 is 44.6. The van der Waals surface area contributed by atoms with Crippen molar-refractivity contribution in [3.63, 3.8) is 0 Å². The Kier molecular flexibility index (Phi) is 6.75. The molecule has 2 heterocycles. The van der Waals surface area contributed by atoms with Crippen LogP contribution < -0.4 is 10.6 Å². The number of rotatable bonds is 6. The van der Waals surface area contributed by atoms with E-state index in [0.29, 0.717) is 29.4 Å². The Bertz CT molecular complexity index is 1450. The number of aryl methyl sites for hydroxylation is 1. The highest BCUT2D eigenvalue weighted by molar-refractivity contribution is 6.12. The molecule has 2 aliphatic rings. The van der Waals surface area contributed by atoms with Crippen LogP contribution in [0.5, 0.6) is 0 Å². The monoisotopic (exact) mass is 522 g/mol. The predicted molar refractivity (Wildman–Crippen MR) is 137 cm³/mol. The van der Waals surface area contributed by atoms with Crippen LogP contribution >= 0.6 is 0 Å². The third-order valence-corrected chi connectivity index (χ3v) is 6.76. The first-order chi connectivity index (χ1) is 18.1. The number of carbonyl (C=O) groups excluding carboxylic acids is 2. The second kappa shape index (κ2) is 10.0. The number of Topliss-reactive ketones (excluding diaryl/α,β-unsaturated/α-hetero) is 1. The maximum absolute atomic E-state index is 13.3. The quantitative estimate of drug-likeness (QED) is 0.436. The Morgan fingerprint density at radius 3 is 2.68 bits per heavy atom. The van der Waals surface area contributed by atoms with E-state index in [2.05, 4.69) is 20.6 Å². The Morgan fingerprint density at radius 1 is 1.18 bits per heavy atom. The van der Waals surface area contributed by atoms with Crippen molar-refractivity contribution in [2.24, 2.45) is 5.92 Å². The van der Waals surface area contributed by atoms with Gasteiger partial charge in [-0.15, -0.1) is 0 Å². The van der Waals surface area contributed by atoms with Gasteiger partial charge in [0.15, 0.2) is 5.78 Å². The van der Waals surface area contributed by atoms with Gasteiger partial charge >= 0.3 is 6.18 Å². The number of anilines is 2. The third-order valence-electron chi connectivity index (χ3n) is 6.76. The highest BCUT2D eigenvalue weighted by Crippen LogP contribution is 2.37. The van der Waals surface area contributed by atoms with Crippen LogP contribution in [0.25, 0.3) is 11.6 Å². The molecule has 0 radical (unpaired) electrons. The minimum absolute atomic E-state index is 0.110. The number of alkyl halides is 3. The van der Waals surface area contributed by atoms with Crippen molar-refractivity contribution in [1.82, 2.24) is 9.97 Å². The van der Waals surface area contributed by atoms with Crippen LogP contribution in [0.4, 0.5) is 24.8 Å². The molecule has 2 atom stereocenters. The molecule has 38 heavy (non-hydrogen) atoms. The lowest BCUT2D eigenvalue weighted by atomic mass is 9.81. The summed E-state index contributed by atoms with van der Waals surface area (Å²) in [5.41, 5.74) is 2.66. The van der Waals surface area contributed by atoms with Crippen LogP contribution in [0.2, 0.25) is 0 Å². The van der Waals surface area contributed by atoms with E-state index in [0.717, 1.165) is 41.9 Å². The van der Waals surface area contributed by atoms with Crippen molar-refractivity contribution < 1.29 is 27.5 Å². The van der Waals surface area contributed by atoms with Crippen LogP contribution in [-0.2, 0) is 10.9 Å². The van der Waals surface area contributed by atoms with Gasteiger partial charge < -0.3 is 15.4 Å². The van der Waals surface area contributed by atoms with Crippen molar-refractivity contribution in [3.05, 3.63) is 82.2 Å². The Hall–Kier alpha value is -4.05. The molecule has 1 aliphatic heterocycles. The molecule has 2 N–H and O–H groups in total. The zero-order valence-electron chi connectivity index (χ0n) is 20.7. The number of hydrogen-bond acceptors (Lipinski definition) is 6. The van der Waals surface area contributed by atoms with Gasteiger partial charge in [-0.2, -0.15) is 13.2 Å². The van der Waals surface area contributed by atoms with Gasteiger partial charge in [0.25, 0.3) is 5.91 Å². The lowest BCUT2D eigenvalue weighted by Gasteiger charge is -2.27. The molecule has 1 amide bonds. The van der Waals surface area contributed by atoms with E-state index in [1.807, 2.05) is 13.0 Å². The molecule has 0 spiro atoms. The fraction of sp³-hybridized carbons (Fsp3) is 0.286. The second-order valence-electron chi connectivity index (χ2n) is 9.41. The van der Waals surface area contributed by atoms with Gasteiger partial charge in [-0.1, -0.05) is 19.1 Å². The SMILES string of the molecule is Cc1ccc(NC(=O)c2cccc(C(F)(F)F)c2)cc1C1=Cc2cnc(NCC3CCO3)nc2C(=O)C1C. The van der Waals surface area contributed by atoms with Gasteiger partial charge in [0.2, 0.25) is 5.95 Å². The highest BCUT2D eigenvalue weighted by atomic mass is 19.4. The molecule has 3 aromatic rings. The largest absolute Gasteiger partial charge is 0.416 e. The first-order valence-corrected chi connectivity index (χ1v) is 12.2. The first kappa shape index (κ1) is 25.6. The summed E-state index contributed by atoms with van der Waals surface area (Å²) in [7, 11) is 0. The molecule has 1 fully saturated rings. The fourth-order valence-corrected chi connectivity index (χ4v) is 4.43. The molecule has 0 saturated carbocycles. The van der Waals surface area contributed by atoms with Gasteiger partial charge in [-0.25, -0.2) is 9.97 Å². The van der Waals surface area contributed by atoms with Gasteiger partial charge in [0.05, 0.1) is 11.7 Å². The van der Waals surface area contributed by atoms with Crippen LogP contribution in [-0.4, -0.2) is 40.9 Å². The molecule has 1 aromatic heterocycles. The number of amides is 1. The number of allylic oxidation sites excluding steroid dienone is 1. The van der Waals surface area contributed by atoms with Crippen LogP contribution in [0, 0.1) is 12.8 Å². The lowest BCUT2D eigenvalue weighted by molar-refractivity contribution is -0.137. The standard InChI is InChI=1S/C28H25F3N4O3/c1-15-6-7-20(34-26(37)17-4-3-5-19(10-17)28(29,30)31)12-22(15)23-11-18-13-32-27(33-14-21-8-9-38-21)35-24(18)25(36)16(23)2/h3-7,10-13,16,21H,8-9,14H2,1-2H3,(H,34,37)(H,32,33,35). The Balaban J connectivity index is 1.40. The summed E-state index contributed by atoms with van der Waals surface area (Å²) in [4.78, 5) is 34.8. The third kappa shape index (κ3) is 5.17. The van der Waals surface area contributed by atoms with Gasteiger partial charge in [0.1, 0.15) is 5.69 Å². The van der Waals surface area contributed by atoms with E-state index in [9.17, 15) is 22.8 Å². The summed E-state index contributed by atoms with van der Waals surface area (Å²) in [5.74, 6) is -0.958. The van der Waals surface area contributed by atoms with E-state index in [1.54, 1.807) is 31.3 Å². The van der Waals surface area contributed by atoms with Crippen molar-refractivity contribution in [3.8, 4) is 0 Å². The van der Waals surface area contributed by atoms with Crippen LogP contribution in [0.1, 0.15) is 56.4 Å². The maximum Gasteiger partial charge on any atom is 0.416 e. The Labute approximate surface area is 217 Å². The number of benzene rings is 2. The molecule has 196 valence electrons. The van der Waals surface area contributed by atoms with Gasteiger partial charge in [-0.05, 0) is 66.5 Å². The molecule has 10 heteroatoms. The van der Waals surface area contributed by atoms with E-state index >= 15 is 0 Å². The van der Waals surface area contributed by atoms with Gasteiger partial charge in [-0.3, -0.25) is 9.59 Å². The molecule has 1 aliphatic carbocycles. The van der Waals surface area contributed by atoms with Crippen molar-refractivity contribution >= 4 is 35.0 Å². The second-order valence-corrected chi connectivity index (χ2v) is 9.41. The molecular formula is C28H25F3N4O3. The smallest absolute Gasteiger partial charge is 0.376 e. The number of ketones is 1. The number of halogens is 3. The highest BCUT2D eigenvalue weighted by Gasteiger charge is 2.32. The molecule has 2 unspecified atom stereocenters. The number of carbonyl (C=O) groups is 2. The number of fused-ring (bicyclic) bond motifs is 1. The Morgan fingerprint density at radius 2 is 1.97 bits per heavy atom. The van der Waals surface area contributed by atoms with E-state index in [1.165, 1.54) is 12.1 Å². The van der Waals surface area contributed by atoms with Crippen LogP contribution in [0.15, 0.2) is 48.7 Å². The number of aromatic nitrogens is 2. The minimum Gasteiger partial charge on any atom is -0.376 e. The van der Waals surface area contributed by atoms with Crippen molar-refractivity contribution in [1.29, 1.82) is 0 Å². The van der Waals surface area contributed by atoms with E-state index < -0.39 is 23.6 Å². The fourth-order valence-electron chi connectivity index (χ4n) is 4.43. The molecular weight excluding hydrogens is 497 g/mol. The molecule has 0 bridgehead atoms. The molecule has 7 nitrogen and oxygen atoms in total. The van der Waals surface area contributed by atoms with E-state index in [4.69, 9.17) is 4.74 Å². The number of hydrogen-bond donors (Lipinski definition) is 2. The summed E-state index contributed by atoms with van der Waals surface area (Å²) in [6, 6.07) is 9.42. The van der Waals surface area contributed by atoms with E-state index in [-0.39, 0.29) is 17.5 Å². The summed E-state index contributed by atoms with van der Waals surface area (Å²) >= 11 is 0. The number of nitrogens with one attached hydrogen (secondary N) is 2. The summed E-state index contributed by atoms with van der Waals surface area (Å²) in [6.45, 7) is 4.99. The van der Waals surface area contributed by atoms with Crippen LogP contribution in [0.3, 0.4) is 0 Å². The number of nitrogens with zero attached hydrogens (tertiary/aromatic N) is 2. The predicted octanol–water partition coefficient (Wildman–Crippen LogP) is 5.63. The zero-order chi connectivity index (χ0) is 27.0. The van der Waals surface area contributed by atoms with Crippen molar-refractivity contribution in [2.75, 3.05) is 23.8 Å². The molecule has 5 rings (SSSR count).